The number of urea groups is 1. The summed E-state index contributed by atoms with van der Waals surface area (Å²) in [6.07, 6.45) is 1.74. The van der Waals surface area contributed by atoms with Crippen molar-refractivity contribution in [3.05, 3.63) is 54.2 Å². The SMILES string of the molecule is C[C@@H](NC(=O)Nc1cccnc1N1CCOCC1)c1ccccc1. The fourth-order valence-electron chi connectivity index (χ4n) is 2.70. The first-order valence-corrected chi connectivity index (χ1v) is 8.14. The van der Waals surface area contributed by atoms with Crippen molar-refractivity contribution in [2.45, 2.75) is 13.0 Å². The van der Waals surface area contributed by atoms with E-state index in [1.54, 1.807) is 6.20 Å². The zero-order chi connectivity index (χ0) is 16.8. The van der Waals surface area contributed by atoms with Gasteiger partial charge in [0.25, 0.3) is 0 Å². The molecule has 24 heavy (non-hydrogen) atoms. The lowest BCUT2D eigenvalue weighted by Crippen LogP contribution is -2.38. The van der Waals surface area contributed by atoms with E-state index in [1.165, 1.54) is 0 Å². The average Bonchev–Trinajstić information content (AvgIpc) is 2.63. The maximum atomic E-state index is 12.3. The molecule has 1 saturated heterocycles. The molecule has 1 fully saturated rings. The van der Waals surface area contributed by atoms with Crippen molar-refractivity contribution in [2.75, 3.05) is 36.5 Å². The van der Waals surface area contributed by atoms with Gasteiger partial charge in [-0.3, -0.25) is 0 Å². The zero-order valence-corrected chi connectivity index (χ0v) is 13.7. The second-order valence-corrected chi connectivity index (χ2v) is 5.70. The Bertz CT molecular complexity index is 672. The predicted molar refractivity (Wildman–Crippen MR) is 94.3 cm³/mol. The third-order valence-corrected chi connectivity index (χ3v) is 3.99. The Morgan fingerprint density at radius 3 is 2.67 bits per heavy atom. The number of amides is 2. The summed E-state index contributed by atoms with van der Waals surface area (Å²) in [6.45, 7) is 4.85. The lowest BCUT2D eigenvalue weighted by molar-refractivity contribution is 0.122. The van der Waals surface area contributed by atoms with E-state index in [2.05, 4.69) is 20.5 Å². The molecule has 2 heterocycles. The van der Waals surface area contributed by atoms with E-state index < -0.39 is 0 Å². The highest BCUT2D eigenvalue weighted by Crippen LogP contribution is 2.23. The summed E-state index contributed by atoms with van der Waals surface area (Å²) in [5.41, 5.74) is 1.77. The number of hydrogen-bond donors (Lipinski definition) is 2. The number of nitrogens with zero attached hydrogens (tertiary/aromatic N) is 2. The number of carbonyl (C=O) groups is 1. The summed E-state index contributed by atoms with van der Waals surface area (Å²) in [5, 5.41) is 5.87. The quantitative estimate of drug-likeness (QED) is 0.907. The lowest BCUT2D eigenvalue weighted by Gasteiger charge is -2.29. The third kappa shape index (κ3) is 4.02. The van der Waals surface area contributed by atoms with E-state index in [0.29, 0.717) is 18.9 Å². The van der Waals surface area contributed by atoms with Gasteiger partial charge in [0.15, 0.2) is 5.82 Å². The Morgan fingerprint density at radius 1 is 1.17 bits per heavy atom. The summed E-state index contributed by atoms with van der Waals surface area (Å²) in [5.74, 6) is 0.781. The van der Waals surface area contributed by atoms with Gasteiger partial charge in [-0.25, -0.2) is 9.78 Å². The van der Waals surface area contributed by atoms with Gasteiger partial charge in [0.05, 0.1) is 24.9 Å². The van der Waals surface area contributed by atoms with E-state index in [-0.39, 0.29) is 12.1 Å². The Morgan fingerprint density at radius 2 is 1.92 bits per heavy atom. The molecule has 0 radical (unpaired) electrons. The first-order chi connectivity index (χ1) is 11.7. The van der Waals surface area contributed by atoms with Crippen molar-refractivity contribution in [1.29, 1.82) is 0 Å². The van der Waals surface area contributed by atoms with Crippen molar-refractivity contribution in [2.24, 2.45) is 0 Å². The Labute approximate surface area is 141 Å². The van der Waals surface area contributed by atoms with Gasteiger partial charge in [-0.05, 0) is 24.6 Å². The van der Waals surface area contributed by atoms with E-state index >= 15 is 0 Å². The number of rotatable bonds is 4. The maximum absolute atomic E-state index is 12.3. The van der Waals surface area contributed by atoms with Crippen molar-refractivity contribution < 1.29 is 9.53 Å². The van der Waals surface area contributed by atoms with Crippen LogP contribution in [0.2, 0.25) is 0 Å². The molecule has 0 unspecified atom stereocenters. The Balaban J connectivity index is 1.66. The highest BCUT2D eigenvalue weighted by Gasteiger charge is 2.17. The van der Waals surface area contributed by atoms with Crippen molar-refractivity contribution in [3.8, 4) is 0 Å². The minimum atomic E-state index is -0.242. The van der Waals surface area contributed by atoms with E-state index in [4.69, 9.17) is 4.74 Å². The van der Waals surface area contributed by atoms with Gasteiger partial charge < -0.3 is 20.3 Å². The zero-order valence-electron chi connectivity index (χ0n) is 13.7. The molecule has 2 N–H and O–H groups in total. The van der Waals surface area contributed by atoms with Crippen LogP contribution in [0.3, 0.4) is 0 Å². The summed E-state index contributed by atoms with van der Waals surface area (Å²) >= 11 is 0. The van der Waals surface area contributed by atoms with Crippen LogP contribution >= 0.6 is 0 Å². The minimum Gasteiger partial charge on any atom is -0.378 e. The monoisotopic (exact) mass is 326 g/mol. The molecule has 6 nitrogen and oxygen atoms in total. The van der Waals surface area contributed by atoms with Crippen LogP contribution in [0.4, 0.5) is 16.3 Å². The van der Waals surface area contributed by atoms with Crippen molar-refractivity contribution in [3.63, 3.8) is 0 Å². The first kappa shape index (κ1) is 16.3. The van der Waals surface area contributed by atoms with Crippen LogP contribution in [0.5, 0.6) is 0 Å². The molecule has 126 valence electrons. The number of hydrogen-bond acceptors (Lipinski definition) is 4. The molecule has 1 aliphatic rings. The molecule has 0 bridgehead atoms. The molecule has 1 aromatic carbocycles. The summed E-state index contributed by atoms with van der Waals surface area (Å²) in [7, 11) is 0. The van der Waals surface area contributed by atoms with Crippen molar-refractivity contribution >= 4 is 17.5 Å². The number of aromatic nitrogens is 1. The molecule has 2 amide bonds. The fraction of sp³-hybridized carbons (Fsp3) is 0.333. The largest absolute Gasteiger partial charge is 0.378 e. The normalized spacial score (nSPS) is 15.6. The minimum absolute atomic E-state index is 0.0743. The number of ether oxygens (including phenoxy) is 1. The molecule has 3 rings (SSSR count). The average molecular weight is 326 g/mol. The van der Waals surface area contributed by atoms with Crippen LogP contribution < -0.4 is 15.5 Å². The van der Waals surface area contributed by atoms with E-state index in [9.17, 15) is 4.79 Å². The molecule has 1 atom stereocenters. The Kier molecular flexibility index (Phi) is 5.28. The van der Waals surface area contributed by atoms with Crippen LogP contribution in [0, 0.1) is 0 Å². The molecule has 0 spiro atoms. The van der Waals surface area contributed by atoms with Gasteiger partial charge in [-0.2, -0.15) is 0 Å². The van der Waals surface area contributed by atoms with E-state index in [1.807, 2.05) is 49.4 Å². The van der Waals surface area contributed by atoms with Gasteiger partial charge >= 0.3 is 6.03 Å². The molecule has 1 aromatic heterocycles. The van der Waals surface area contributed by atoms with Crippen LogP contribution in [0.15, 0.2) is 48.7 Å². The maximum Gasteiger partial charge on any atom is 0.319 e. The van der Waals surface area contributed by atoms with Gasteiger partial charge in [-0.1, -0.05) is 30.3 Å². The van der Waals surface area contributed by atoms with Gasteiger partial charge in [-0.15, -0.1) is 0 Å². The fourth-order valence-corrected chi connectivity index (χ4v) is 2.70. The first-order valence-electron chi connectivity index (χ1n) is 8.14. The van der Waals surface area contributed by atoms with Crippen LogP contribution in [0.1, 0.15) is 18.5 Å². The second-order valence-electron chi connectivity index (χ2n) is 5.70. The number of anilines is 2. The number of benzene rings is 1. The molecule has 0 aliphatic carbocycles. The molecular weight excluding hydrogens is 304 g/mol. The highest BCUT2D eigenvalue weighted by molar-refractivity contribution is 5.92. The smallest absolute Gasteiger partial charge is 0.319 e. The van der Waals surface area contributed by atoms with Crippen LogP contribution in [-0.2, 0) is 4.74 Å². The summed E-state index contributed by atoms with van der Waals surface area (Å²) in [4.78, 5) is 18.9. The molecule has 6 heteroatoms. The topological polar surface area (TPSA) is 66.5 Å². The lowest BCUT2D eigenvalue weighted by atomic mass is 10.1. The standard InChI is InChI=1S/C18H22N4O2/c1-14(15-6-3-2-4-7-15)20-18(23)21-16-8-5-9-19-17(16)22-10-12-24-13-11-22/h2-9,14H,10-13H2,1H3,(H2,20,21,23)/t14-/m1/s1. The molecule has 2 aromatic rings. The number of nitrogens with one attached hydrogen (secondary N) is 2. The van der Waals surface area contributed by atoms with Gasteiger partial charge in [0.1, 0.15) is 0 Å². The Hall–Kier alpha value is -2.60. The molecular formula is C18H22N4O2. The number of pyridine rings is 1. The van der Waals surface area contributed by atoms with E-state index in [0.717, 1.165) is 24.5 Å². The molecule has 1 aliphatic heterocycles. The summed E-state index contributed by atoms with van der Waals surface area (Å²) in [6, 6.07) is 13.2. The van der Waals surface area contributed by atoms with Gasteiger partial charge in [0.2, 0.25) is 0 Å². The van der Waals surface area contributed by atoms with Crippen LogP contribution in [0.25, 0.3) is 0 Å². The summed E-state index contributed by atoms with van der Waals surface area (Å²) < 4.78 is 5.37. The van der Waals surface area contributed by atoms with Crippen molar-refractivity contribution in [1.82, 2.24) is 10.3 Å². The third-order valence-electron chi connectivity index (χ3n) is 3.99. The van der Waals surface area contributed by atoms with Crippen LogP contribution in [-0.4, -0.2) is 37.3 Å². The number of carbonyl (C=O) groups excluding carboxylic acids is 1. The van der Waals surface area contributed by atoms with Gasteiger partial charge in [0, 0.05) is 19.3 Å². The highest BCUT2D eigenvalue weighted by atomic mass is 16.5. The second kappa shape index (κ2) is 7.79. The number of morpholine rings is 1. The molecule has 0 saturated carbocycles. The predicted octanol–water partition coefficient (Wildman–Crippen LogP) is 2.80.